The van der Waals surface area contributed by atoms with Crippen molar-refractivity contribution < 1.29 is 28.9 Å². The number of nitrogens with zero attached hydrogens (tertiary/aromatic N) is 2. The van der Waals surface area contributed by atoms with E-state index in [0.717, 1.165) is 3.57 Å². The first-order chi connectivity index (χ1) is 18.1. The minimum atomic E-state index is -0.996. The molecule has 0 unspecified atom stereocenters. The number of ether oxygens (including phenoxy) is 1. The molecular formula is C27H30FIN4O5. The molecule has 11 heteroatoms. The van der Waals surface area contributed by atoms with E-state index in [2.05, 4.69) is 15.3 Å². The first-order valence-electron chi connectivity index (χ1n) is 12.3. The molecule has 4 rings (SSSR count). The highest BCUT2D eigenvalue weighted by molar-refractivity contribution is 14.1. The predicted molar refractivity (Wildman–Crippen MR) is 147 cm³/mol. The topological polar surface area (TPSA) is 128 Å². The molecule has 1 aliphatic rings. The number of urea groups is 1. The van der Waals surface area contributed by atoms with Crippen LogP contribution in [0.25, 0.3) is 11.3 Å². The van der Waals surface area contributed by atoms with Crippen LogP contribution in [0.3, 0.4) is 0 Å². The zero-order chi connectivity index (χ0) is 27.6. The van der Waals surface area contributed by atoms with Crippen molar-refractivity contribution in [2.75, 3.05) is 13.2 Å². The van der Waals surface area contributed by atoms with Crippen LogP contribution in [0.2, 0.25) is 0 Å². The van der Waals surface area contributed by atoms with Gasteiger partial charge in [0.15, 0.2) is 0 Å². The van der Waals surface area contributed by atoms with Gasteiger partial charge in [0.05, 0.1) is 12.3 Å². The summed E-state index contributed by atoms with van der Waals surface area (Å²) in [6.07, 6.45) is -0.324. The van der Waals surface area contributed by atoms with Gasteiger partial charge in [-0.1, -0.05) is 32.4 Å². The number of halogens is 2. The molecular weight excluding hydrogens is 606 g/mol. The Labute approximate surface area is 233 Å². The largest absolute Gasteiger partial charge is 0.491 e. The molecule has 2 heterocycles. The molecule has 202 valence electrons. The van der Waals surface area contributed by atoms with E-state index < -0.39 is 42.6 Å². The van der Waals surface area contributed by atoms with Gasteiger partial charge < -0.3 is 25.3 Å². The molecule has 0 spiro atoms. The van der Waals surface area contributed by atoms with Crippen molar-refractivity contribution in [3.8, 4) is 17.0 Å². The highest BCUT2D eigenvalue weighted by Gasteiger charge is 2.46. The Morgan fingerprint density at radius 1 is 1.21 bits per heavy atom. The van der Waals surface area contributed by atoms with E-state index in [4.69, 9.17) is 9.84 Å². The number of imide groups is 1. The van der Waals surface area contributed by atoms with Crippen LogP contribution >= 0.6 is 22.6 Å². The Kier molecular flexibility index (Phi) is 8.68. The summed E-state index contributed by atoms with van der Waals surface area (Å²) in [7, 11) is 0. The van der Waals surface area contributed by atoms with Gasteiger partial charge in [-0.25, -0.2) is 14.2 Å². The third-order valence-corrected chi connectivity index (χ3v) is 7.34. The Hall–Kier alpha value is -3.03. The molecule has 9 nitrogen and oxygen atoms in total. The normalized spacial score (nSPS) is 17.9. The van der Waals surface area contributed by atoms with E-state index in [1.54, 1.807) is 43.3 Å². The Balaban J connectivity index is 1.61. The maximum atomic E-state index is 14.7. The standard InChI is InChI=1S/C27H30FIN4O5/c1-4-14(2)24(25-30-15(3)22(31-25)20-10-7-17(29)11-21(20)28)33-26(36)23(32-27(33)37)16-5-8-19(9-6-16)38-13-18(35)12-34/h5-11,14,18,23-24,34-35H,4,12-13H2,1-3H3,(H,30,31)(H,32,37)/t14-,18-,23+,24-/m0/s1. The second-order valence-corrected chi connectivity index (χ2v) is 10.6. The number of imidazole rings is 1. The summed E-state index contributed by atoms with van der Waals surface area (Å²) >= 11 is 2.04. The summed E-state index contributed by atoms with van der Waals surface area (Å²) in [6.45, 7) is 5.21. The van der Waals surface area contributed by atoms with Crippen LogP contribution in [0.5, 0.6) is 5.75 Å². The average Bonchev–Trinajstić information content (AvgIpc) is 3.42. The number of hydrogen-bond donors (Lipinski definition) is 4. The van der Waals surface area contributed by atoms with Gasteiger partial charge in [0.25, 0.3) is 5.91 Å². The first-order valence-corrected chi connectivity index (χ1v) is 13.4. The van der Waals surface area contributed by atoms with Crippen molar-refractivity contribution in [2.24, 2.45) is 5.92 Å². The third kappa shape index (κ3) is 5.69. The number of aliphatic hydroxyl groups is 2. The van der Waals surface area contributed by atoms with Gasteiger partial charge >= 0.3 is 6.03 Å². The van der Waals surface area contributed by atoms with Gasteiger partial charge in [0.1, 0.15) is 42.2 Å². The average molecular weight is 636 g/mol. The fourth-order valence-corrected chi connectivity index (χ4v) is 4.87. The van der Waals surface area contributed by atoms with Crippen molar-refractivity contribution in [1.29, 1.82) is 0 Å². The van der Waals surface area contributed by atoms with Crippen LogP contribution in [-0.2, 0) is 4.79 Å². The van der Waals surface area contributed by atoms with E-state index in [9.17, 15) is 19.1 Å². The van der Waals surface area contributed by atoms with Gasteiger partial charge in [-0.05, 0) is 71.3 Å². The predicted octanol–water partition coefficient (Wildman–Crippen LogP) is 4.24. The Morgan fingerprint density at radius 2 is 1.92 bits per heavy atom. The van der Waals surface area contributed by atoms with Crippen LogP contribution in [-0.4, -0.2) is 56.3 Å². The van der Waals surface area contributed by atoms with Gasteiger partial charge in [-0.2, -0.15) is 0 Å². The lowest BCUT2D eigenvalue weighted by atomic mass is 9.96. The minimum absolute atomic E-state index is 0.0734. The SMILES string of the molecule is CC[C@H](C)[C@@H](c1nc(-c2ccc(I)cc2F)c(C)[nH]1)N1C(=O)N[C@H](c2ccc(OC[C@@H](O)CO)cc2)C1=O. The fraction of sp³-hybridized carbons (Fsp3) is 0.370. The number of aromatic nitrogens is 2. The van der Waals surface area contributed by atoms with Gasteiger partial charge in [-0.3, -0.25) is 9.69 Å². The molecule has 0 bridgehead atoms. The van der Waals surface area contributed by atoms with Gasteiger partial charge in [-0.15, -0.1) is 0 Å². The molecule has 1 saturated heterocycles. The quantitative estimate of drug-likeness (QED) is 0.195. The highest BCUT2D eigenvalue weighted by Crippen LogP contribution is 2.37. The number of nitrogens with one attached hydrogen (secondary N) is 2. The highest BCUT2D eigenvalue weighted by atomic mass is 127. The second-order valence-electron chi connectivity index (χ2n) is 9.36. The Morgan fingerprint density at radius 3 is 2.55 bits per heavy atom. The lowest BCUT2D eigenvalue weighted by Crippen LogP contribution is -2.38. The van der Waals surface area contributed by atoms with E-state index in [-0.39, 0.29) is 12.5 Å². The van der Waals surface area contributed by atoms with Crippen molar-refractivity contribution in [3.05, 3.63) is 68.9 Å². The zero-order valence-corrected chi connectivity index (χ0v) is 23.4. The molecule has 3 amide bonds. The fourth-order valence-electron chi connectivity index (χ4n) is 4.42. The minimum Gasteiger partial charge on any atom is -0.491 e. The second kappa shape index (κ2) is 11.8. The van der Waals surface area contributed by atoms with E-state index >= 15 is 0 Å². The van der Waals surface area contributed by atoms with Crippen molar-refractivity contribution in [2.45, 2.75) is 45.4 Å². The number of benzene rings is 2. The molecule has 4 atom stereocenters. The molecule has 3 aromatic rings. The number of hydrogen-bond acceptors (Lipinski definition) is 6. The molecule has 0 saturated carbocycles. The molecule has 1 aromatic heterocycles. The maximum absolute atomic E-state index is 14.7. The molecule has 38 heavy (non-hydrogen) atoms. The summed E-state index contributed by atoms with van der Waals surface area (Å²) in [5.41, 5.74) is 1.99. The number of amides is 3. The molecule has 0 aliphatic carbocycles. The number of aromatic amines is 1. The van der Waals surface area contributed by atoms with E-state index in [1.165, 1.54) is 11.0 Å². The Bertz CT molecular complexity index is 1320. The lowest BCUT2D eigenvalue weighted by molar-refractivity contribution is -0.130. The van der Waals surface area contributed by atoms with Gasteiger partial charge in [0, 0.05) is 14.8 Å². The van der Waals surface area contributed by atoms with Crippen LogP contribution < -0.4 is 10.1 Å². The lowest BCUT2D eigenvalue weighted by Gasteiger charge is -2.28. The van der Waals surface area contributed by atoms with E-state index in [0.29, 0.717) is 40.5 Å². The summed E-state index contributed by atoms with van der Waals surface area (Å²) in [4.78, 5) is 35.8. The van der Waals surface area contributed by atoms with Crippen LogP contribution in [0.1, 0.15) is 49.4 Å². The molecule has 1 fully saturated rings. The van der Waals surface area contributed by atoms with Crippen molar-refractivity contribution >= 4 is 34.5 Å². The summed E-state index contributed by atoms with van der Waals surface area (Å²) in [5.74, 6) is -0.0710. The number of rotatable bonds is 10. The van der Waals surface area contributed by atoms with Gasteiger partial charge in [0.2, 0.25) is 0 Å². The molecule has 0 radical (unpaired) electrons. The number of aryl methyl sites for hydroxylation is 1. The zero-order valence-electron chi connectivity index (χ0n) is 21.2. The number of carbonyl (C=O) groups excluding carboxylic acids is 2. The monoisotopic (exact) mass is 636 g/mol. The van der Waals surface area contributed by atoms with Crippen molar-refractivity contribution in [3.63, 3.8) is 0 Å². The van der Waals surface area contributed by atoms with Crippen molar-refractivity contribution in [1.82, 2.24) is 20.2 Å². The van der Waals surface area contributed by atoms with Crippen LogP contribution in [0.15, 0.2) is 42.5 Å². The van der Waals surface area contributed by atoms with Crippen LogP contribution in [0.4, 0.5) is 9.18 Å². The molecule has 1 aliphatic heterocycles. The maximum Gasteiger partial charge on any atom is 0.325 e. The smallest absolute Gasteiger partial charge is 0.325 e. The molecule has 4 N–H and O–H groups in total. The van der Waals surface area contributed by atoms with Crippen LogP contribution in [0, 0.1) is 22.2 Å². The summed E-state index contributed by atoms with van der Waals surface area (Å²) in [6, 6.07) is 9.39. The number of carbonyl (C=O) groups is 2. The third-order valence-electron chi connectivity index (χ3n) is 6.67. The van der Waals surface area contributed by atoms with E-state index in [1.807, 2.05) is 36.4 Å². The summed E-state index contributed by atoms with van der Waals surface area (Å²) < 4.78 is 20.9. The number of aliphatic hydroxyl groups excluding tert-OH is 2. The number of H-pyrrole nitrogens is 1. The summed E-state index contributed by atoms with van der Waals surface area (Å²) in [5, 5.41) is 21.2. The molecule has 2 aromatic carbocycles. The first kappa shape index (κ1) is 28.0.